The molecule has 0 aromatic heterocycles. The van der Waals surface area contributed by atoms with Crippen LogP contribution in [0.1, 0.15) is 25.8 Å². The number of nitrogens with zero attached hydrogens (tertiary/aromatic N) is 1. The largest absolute Gasteiger partial charge is 0.330 e. The second-order valence-corrected chi connectivity index (χ2v) is 6.23. The molecule has 1 aliphatic heterocycles. The number of thioether (sulfide) groups is 1. The molecule has 1 heterocycles. The molecule has 1 aromatic rings. The minimum atomic E-state index is 0.130. The standard InChI is InChI=1S/C14H20N2OS/c1-10(5-7-15)18-13-3-4-14-12(9-13)6-8-16(14)11(2)17/h3-4,9-10H,5-8,15H2,1-2H3. The van der Waals surface area contributed by atoms with Crippen LogP contribution in [0.5, 0.6) is 0 Å². The summed E-state index contributed by atoms with van der Waals surface area (Å²) in [5.74, 6) is 0.130. The Balaban J connectivity index is 2.12. The van der Waals surface area contributed by atoms with Crippen molar-refractivity contribution in [2.75, 3.05) is 18.0 Å². The van der Waals surface area contributed by atoms with Crippen LogP contribution in [0.3, 0.4) is 0 Å². The molecular formula is C14H20N2OS. The first-order valence-electron chi connectivity index (χ1n) is 6.39. The summed E-state index contributed by atoms with van der Waals surface area (Å²) in [6, 6.07) is 6.40. The van der Waals surface area contributed by atoms with E-state index in [1.54, 1.807) is 6.92 Å². The van der Waals surface area contributed by atoms with E-state index >= 15 is 0 Å². The van der Waals surface area contributed by atoms with Crippen molar-refractivity contribution in [3.05, 3.63) is 23.8 Å². The zero-order chi connectivity index (χ0) is 13.1. The number of carbonyl (C=O) groups excluding carboxylic acids is 1. The molecule has 2 N–H and O–H groups in total. The molecule has 18 heavy (non-hydrogen) atoms. The predicted octanol–water partition coefficient (Wildman–Crippen LogP) is 2.43. The lowest BCUT2D eigenvalue weighted by molar-refractivity contribution is -0.116. The molecule has 0 radical (unpaired) electrons. The van der Waals surface area contributed by atoms with Crippen LogP contribution < -0.4 is 10.6 Å². The molecule has 1 unspecified atom stereocenters. The number of carbonyl (C=O) groups is 1. The number of fused-ring (bicyclic) bond motifs is 1. The van der Waals surface area contributed by atoms with Gasteiger partial charge in [-0.1, -0.05) is 6.92 Å². The molecule has 4 heteroatoms. The first-order chi connectivity index (χ1) is 8.61. The molecule has 1 aliphatic rings. The molecule has 0 saturated heterocycles. The van der Waals surface area contributed by atoms with Crippen molar-refractivity contribution in [1.29, 1.82) is 0 Å². The average Bonchev–Trinajstić information content (AvgIpc) is 2.72. The molecular weight excluding hydrogens is 244 g/mol. The molecule has 2 rings (SSSR count). The third-order valence-electron chi connectivity index (χ3n) is 3.24. The molecule has 1 atom stereocenters. The zero-order valence-electron chi connectivity index (χ0n) is 11.0. The van der Waals surface area contributed by atoms with E-state index < -0.39 is 0 Å². The quantitative estimate of drug-likeness (QED) is 0.850. The predicted molar refractivity (Wildman–Crippen MR) is 77.2 cm³/mol. The molecule has 3 nitrogen and oxygen atoms in total. The number of anilines is 1. The molecule has 1 aromatic carbocycles. The van der Waals surface area contributed by atoms with Gasteiger partial charge in [0.05, 0.1) is 0 Å². The summed E-state index contributed by atoms with van der Waals surface area (Å²) in [6.07, 6.45) is 2.00. The van der Waals surface area contributed by atoms with Crippen LogP contribution in [0.2, 0.25) is 0 Å². The third kappa shape index (κ3) is 2.87. The van der Waals surface area contributed by atoms with Crippen LogP contribution in [-0.4, -0.2) is 24.2 Å². The van der Waals surface area contributed by atoms with Gasteiger partial charge >= 0.3 is 0 Å². The van der Waals surface area contributed by atoms with Crippen LogP contribution in [-0.2, 0) is 11.2 Å². The highest BCUT2D eigenvalue weighted by Crippen LogP contribution is 2.33. The molecule has 98 valence electrons. The number of rotatable bonds is 4. The number of benzene rings is 1. The maximum absolute atomic E-state index is 11.5. The molecule has 0 fully saturated rings. The minimum Gasteiger partial charge on any atom is -0.330 e. The van der Waals surface area contributed by atoms with Crippen LogP contribution in [0.4, 0.5) is 5.69 Å². The summed E-state index contributed by atoms with van der Waals surface area (Å²) in [7, 11) is 0. The summed E-state index contributed by atoms with van der Waals surface area (Å²) in [6.45, 7) is 5.38. The van der Waals surface area contributed by atoms with Crippen molar-refractivity contribution < 1.29 is 4.79 Å². The lowest BCUT2D eigenvalue weighted by Gasteiger charge is -2.15. The second-order valence-electron chi connectivity index (χ2n) is 4.72. The Morgan fingerprint density at radius 1 is 1.56 bits per heavy atom. The van der Waals surface area contributed by atoms with E-state index in [0.29, 0.717) is 5.25 Å². The maximum atomic E-state index is 11.5. The monoisotopic (exact) mass is 264 g/mol. The Kier molecular flexibility index (Phi) is 4.30. The highest BCUT2D eigenvalue weighted by Gasteiger charge is 2.22. The number of hydrogen-bond donors (Lipinski definition) is 1. The van der Waals surface area contributed by atoms with E-state index in [-0.39, 0.29) is 5.91 Å². The summed E-state index contributed by atoms with van der Waals surface area (Å²) in [5.41, 5.74) is 7.94. The fraction of sp³-hybridized carbons (Fsp3) is 0.500. The van der Waals surface area contributed by atoms with Crippen LogP contribution in [0.25, 0.3) is 0 Å². The lowest BCUT2D eigenvalue weighted by Crippen LogP contribution is -2.25. The maximum Gasteiger partial charge on any atom is 0.223 e. The highest BCUT2D eigenvalue weighted by atomic mass is 32.2. The van der Waals surface area contributed by atoms with Gasteiger partial charge in [-0.15, -0.1) is 11.8 Å². The van der Waals surface area contributed by atoms with Crippen LogP contribution >= 0.6 is 11.8 Å². The topological polar surface area (TPSA) is 46.3 Å². The average molecular weight is 264 g/mol. The van der Waals surface area contributed by atoms with E-state index in [4.69, 9.17) is 5.73 Å². The van der Waals surface area contributed by atoms with Gasteiger partial charge in [0.2, 0.25) is 5.91 Å². The minimum absolute atomic E-state index is 0.130. The summed E-state index contributed by atoms with van der Waals surface area (Å²) in [4.78, 5) is 14.6. The Hall–Kier alpha value is -1.00. The van der Waals surface area contributed by atoms with Crippen LogP contribution in [0.15, 0.2) is 23.1 Å². The van der Waals surface area contributed by atoms with Crippen molar-refractivity contribution in [1.82, 2.24) is 0 Å². The fourth-order valence-electron chi connectivity index (χ4n) is 2.30. The van der Waals surface area contributed by atoms with Gasteiger partial charge in [0.1, 0.15) is 0 Å². The van der Waals surface area contributed by atoms with E-state index in [1.807, 2.05) is 16.7 Å². The molecule has 0 bridgehead atoms. The van der Waals surface area contributed by atoms with E-state index in [2.05, 4.69) is 25.1 Å². The van der Waals surface area contributed by atoms with Gasteiger partial charge in [0, 0.05) is 29.3 Å². The van der Waals surface area contributed by atoms with Crippen molar-refractivity contribution in [3.8, 4) is 0 Å². The van der Waals surface area contributed by atoms with Crippen LogP contribution in [0, 0.1) is 0 Å². The zero-order valence-corrected chi connectivity index (χ0v) is 11.8. The number of amides is 1. The Labute approximate surface area is 113 Å². The van der Waals surface area contributed by atoms with Gasteiger partial charge in [-0.2, -0.15) is 0 Å². The van der Waals surface area contributed by atoms with Crippen molar-refractivity contribution in [2.24, 2.45) is 5.73 Å². The van der Waals surface area contributed by atoms with E-state index in [0.717, 1.165) is 31.6 Å². The van der Waals surface area contributed by atoms with Gasteiger partial charge in [-0.05, 0) is 43.1 Å². The smallest absolute Gasteiger partial charge is 0.223 e. The summed E-state index contributed by atoms with van der Waals surface area (Å²) >= 11 is 1.86. The van der Waals surface area contributed by atoms with E-state index in [1.165, 1.54) is 10.5 Å². The molecule has 1 amide bonds. The van der Waals surface area contributed by atoms with Crippen molar-refractivity contribution in [2.45, 2.75) is 36.8 Å². The SMILES string of the molecule is CC(=O)N1CCc2cc(SC(C)CCN)ccc21. The van der Waals surface area contributed by atoms with Gasteiger partial charge in [0.25, 0.3) is 0 Å². The van der Waals surface area contributed by atoms with Crippen molar-refractivity contribution in [3.63, 3.8) is 0 Å². The Morgan fingerprint density at radius 3 is 3.00 bits per heavy atom. The number of hydrogen-bond acceptors (Lipinski definition) is 3. The number of nitrogens with two attached hydrogens (primary N) is 1. The van der Waals surface area contributed by atoms with Gasteiger partial charge < -0.3 is 10.6 Å². The normalized spacial score (nSPS) is 15.6. The first-order valence-corrected chi connectivity index (χ1v) is 7.27. The first kappa shape index (κ1) is 13.4. The molecule has 0 aliphatic carbocycles. The molecule has 0 spiro atoms. The van der Waals surface area contributed by atoms with Crippen molar-refractivity contribution >= 4 is 23.4 Å². The molecule has 0 saturated carbocycles. The fourth-order valence-corrected chi connectivity index (χ4v) is 3.38. The lowest BCUT2D eigenvalue weighted by atomic mass is 10.2. The third-order valence-corrected chi connectivity index (χ3v) is 4.40. The highest BCUT2D eigenvalue weighted by molar-refractivity contribution is 7.99. The van der Waals surface area contributed by atoms with Gasteiger partial charge in [-0.25, -0.2) is 0 Å². The Morgan fingerprint density at radius 2 is 2.33 bits per heavy atom. The van der Waals surface area contributed by atoms with E-state index in [9.17, 15) is 4.79 Å². The van der Waals surface area contributed by atoms with Gasteiger partial charge in [0.15, 0.2) is 0 Å². The summed E-state index contributed by atoms with van der Waals surface area (Å²) in [5, 5.41) is 0.540. The van der Waals surface area contributed by atoms with Gasteiger partial charge in [-0.3, -0.25) is 4.79 Å². The second kappa shape index (κ2) is 5.76. The Bertz CT molecular complexity index is 447. The summed E-state index contributed by atoms with van der Waals surface area (Å²) < 4.78 is 0.